The van der Waals surface area contributed by atoms with E-state index in [4.69, 9.17) is 4.74 Å². The van der Waals surface area contributed by atoms with Crippen LogP contribution in [0.15, 0.2) is 218 Å². The monoisotopic (exact) mass is 729 g/mol. The lowest BCUT2D eigenvalue weighted by Crippen LogP contribution is -2.59. The van der Waals surface area contributed by atoms with Crippen molar-refractivity contribution >= 4 is 85.1 Å². The molecule has 0 aromatic heterocycles. The maximum Gasteiger partial charge on any atom is 0.257 e. The van der Waals surface area contributed by atoms with Crippen molar-refractivity contribution in [3.05, 3.63) is 218 Å². The highest BCUT2D eigenvalue weighted by Crippen LogP contribution is 2.49. The number of rotatable bonds is 7. The summed E-state index contributed by atoms with van der Waals surface area (Å²) in [6.45, 7) is -0.0771. The van der Waals surface area contributed by atoms with Crippen LogP contribution in [0, 0.1) is 0 Å². The number of fused-ring (bicyclic) bond motifs is 6. The van der Waals surface area contributed by atoms with E-state index in [0.717, 1.165) is 73.6 Å². The second-order valence-electron chi connectivity index (χ2n) is 14.5. The number of hydrogen-bond acceptors (Lipinski definition) is 4. The summed E-state index contributed by atoms with van der Waals surface area (Å²) in [5.74, 6) is 1.74. The minimum absolute atomic E-state index is 0.0771. The average Bonchev–Trinajstić information content (AvgIpc) is 3.28. The van der Waals surface area contributed by atoms with Crippen molar-refractivity contribution in [3.8, 4) is 11.5 Å². The standard InChI is InChI=1S/C52H36BN3O/c1-6-20-37(21-7-1)54(38-22-8-2-9-23-38)42-34-47-52-50(35-42)57-49-33-19-18-32-45(49)53(52)51-44-31-17-16-30-43(44)46(36-48(51)56(47)41-28-14-5-15-29-41)55(39-24-10-3-11-25-39)40-26-12-4-13-27-40/h1-36H. The van der Waals surface area contributed by atoms with Gasteiger partial charge in [-0.3, -0.25) is 0 Å². The topological polar surface area (TPSA) is 19.0 Å². The van der Waals surface area contributed by atoms with Crippen LogP contribution in [0.5, 0.6) is 11.5 Å². The minimum atomic E-state index is -0.0771. The molecule has 0 unspecified atom stereocenters. The van der Waals surface area contributed by atoms with Gasteiger partial charge < -0.3 is 19.4 Å². The zero-order chi connectivity index (χ0) is 37.7. The Hall–Kier alpha value is -7.50. The molecule has 268 valence electrons. The Labute approximate surface area is 333 Å². The molecule has 0 spiro atoms. The molecule has 9 aromatic rings. The summed E-state index contributed by atoms with van der Waals surface area (Å²) in [7, 11) is 0. The Bertz CT molecular complexity index is 2810. The van der Waals surface area contributed by atoms with Crippen molar-refractivity contribution in [1.29, 1.82) is 0 Å². The first-order chi connectivity index (χ1) is 28.3. The molecule has 5 heteroatoms. The number of ether oxygens (including phenoxy) is 1. The van der Waals surface area contributed by atoms with Gasteiger partial charge in [-0.15, -0.1) is 0 Å². The SMILES string of the molecule is c1ccc(N(c2ccccc2)c2cc3c4c(c2)N(c2ccccc2)c2cc(N(c5ccccc5)c5ccccc5)c5ccccc5c2B4c2ccccc2O3)cc1. The summed E-state index contributed by atoms with van der Waals surface area (Å²) >= 11 is 0. The molecule has 0 atom stereocenters. The smallest absolute Gasteiger partial charge is 0.257 e. The Morgan fingerprint density at radius 1 is 0.368 bits per heavy atom. The van der Waals surface area contributed by atoms with E-state index >= 15 is 0 Å². The van der Waals surface area contributed by atoms with Gasteiger partial charge in [-0.05, 0) is 101 Å². The van der Waals surface area contributed by atoms with E-state index in [2.05, 4.69) is 233 Å². The van der Waals surface area contributed by atoms with Crippen LogP contribution >= 0.6 is 0 Å². The Kier molecular flexibility index (Phi) is 7.89. The van der Waals surface area contributed by atoms with Gasteiger partial charge in [-0.2, -0.15) is 0 Å². The summed E-state index contributed by atoms with van der Waals surface area (Å²) in [5.41, 5.74) is 13.3. The lowest BCUT2D eigenvalue weighted by Gasteiger charge is -2.42. The number of benzene rings is 9. The molecule has 0 saturated carbocycles. The lowest BCUT2D eigenvalue weighted by molar-refractivity contribution is 0.487. The highest BCUT2D eigenvalue weighted by Gasteiger charge is 2.44. The third-order valence-corrected chi connectivity index (χ3v) is 11.2. The van der Waals surface area contributed by atoms with Crippen molar-refractivity contribution < 1.29 is 4.74 Å². The zero-order valence-corrected chi connectivity index (χ0v) is 31.1. The van der Waals surface area contributed by atoms with Crippen molar-refractivity contribution in [1.82, 2.24) is 0 Å². The molecule has 0 saturated heterocycles. The van der Waals surface area contributed by atoms with Crippen LogP contribution in [-0.4, -0.2) is 6.71 Å². The first-order valence-electron chi connectivity index (χ1n) is 19.5. The van der Waals surface area contributed by atoms with E-state index in [9.17, 15) is 0 Å². The largest absolute Gasteiger partial charge is 0.458 e. The molecule has 4 nitrogen and oxygen atoms in total. The number of para-hydroxylation sites is 6. The lowest BCUT2D eigenvalue weighted by atomic mass is 9.33. The van der Waals surface area contributed by atoms with Gasteiger partial charge in [0.15, 0.2) is 0 Å². The maximum atomic E-state index is 7.01. The fraction of sp³-hybridized carbons (Fsp3) is 0. The fourth-order valence-corrected chi connectivity index (χ4v) is 8.88. The van der Waals surface area contributed by atoms with Gasteiger partial charge >= 0.3 is 0 Å². The highest BCUT2D eigenvalue weighted by atomic mass is 16.5. The predicted octanol–water partition coefficient (Wildman–Crippen LogP) is 12.2. The molecule has 0 radical (unpaired) electrons. The molecule has 0 bridgehead atoms. The van der Waals surface area contributed by atoms with Gasteiger partial charge in [-0.1, -0.05) is 133 Å². The molecule has 2 aliphatic heterocycles. The van der Waals surface area contributed by atoms with Crippen molar-refractivity contribution in [2.24, 2.45) is 0 Å². The van der Waals surface area contributed by atoms with Crippen LogP contribution in [-0.2, 0) is 0 Å². The fourth-order valence-electron chi connectivity index (χ4n) is 8.88. The van der Waals surface area contributed by atoms with Gasteiger partial charge in [0, 0.05) is 51.3 Å². The normalized spacial score (nSPS) is 12.3. The van der Waals surface area contributed by atoms with E-state index < -0.39 is 0 Å². The van der Waals surface area contributed by atoms with Crippen LogP contribution in [0.2, 0.25) is 0 Å². The minimum Gasteiger partial charge on any atom is -0.458 e. The summed E-state index contributed by atoms with van der Waals surface area (Å²) in [5, 5.41) is 2.39. The number of hydrogen-bond donors (Lipinski definition) is 0. The quantitative estimate of drug-likeness (QED) is 0.152. The first kappa shape index (κ1) is 32.9. The van der Waals surface area contributed by atoms with E-state index in [-0.39, 0.29) is 6.71 Å². The average molecular weight is 730 g/mol. The van der Waals surface area contributed by atoms with Crippen LogP contribution in [0.3, 0.4) is 0 Å². The molecule has 9 aromatic carbocycles. The van der Waals surface area contributed by atoms with Crippen LogP contribution in [0.1, 0.15) is 0 Å². The van der Waals surface area contributed by atoms with E-state index in [0.29, 0.717) is 0 Å². The second kappa shape index (κ2) is 13.7. The van der Waals surface area contributed by atoms with Crippen LogP contribution in [0.25, 0.3) is 10.8 Å². The first-order valence-corrected chi connectivity index (χ1v) is 19.5. The van der Waals surface area contributed by atoms with Gasteiger partial charge in [0.05, 0.1) is 11.4 Å². The third kappa shape index (κ3) is 5.47. The number of anilines is 9. The van der Waals surface area contributed by atoms with Gasteiger partial charge in [0.2, 0.25) is 0 Å². The molecule has 0 amide bonds. The molecular formula is C52H36BN3O. The molecule has 2 heterocycles. The van der Waals surface area contributed by atoms with E-state index in [1.807, 2.05) is 0 Å². The van der Waals surface area contributed by atoms with Crippen LogP contribution < -0.4 is 35.8 Å². The van der Waals surface area contributed by atoms with Gasteiger partial charge in [-0.25, -0.2) is 0 Å². The highest BCUT2D eigenvalue weighted by molar-refractivity contribution is 7.00. The van der Waals surface area contributed by atoms with E-state index in [1.165, 1.54) is 16.2 Å². The summed E-state index contributed by atoms with van der Waals surface area (Å²) in [4.78, 5) is 7.18. The van der Waals surface area contributed by atoms with Gasteiger partial charge in [0.25, 0.3) is 6.71 Å². The third-order valence-electron chi connectivity index (χ3n) is 11.2. The maximum absolute atomic E-state index is 7.01. The van der Waals surface area contributed by atoms with Crippen molar-refractivity contribution in [2.45, 2.75) is 0 Å². The molecule has 0 aliphatic carbocycles. The van der Waals surface area contributed by atoms with Gasteiger partial charge in [0.1, 0.15) is 11.5 Å². The Morgan fingerprint density at radius 3 is 1.44 bits per heavy atom. The molecule has 57 heavy (non-hydrogen) atoms. The van der Waals surface area contributed by atoms with Crippen molar-refractivity contribution in [2.75, 3.05) is 14.7 Å². The van der Waals surface area contributed by atoms with E-state index in [1.54, 1.807) is 0 Å². The van der Waals surface area contributed by atoms with Crippen LogP contribution in [0.4, 0.5) is 51.2 Å². The molecule has 11 rings (SSSR count). The molecule has 0 N–H and O–H groups in total. The van der Waals surface area contributed by atoms with Crippen molar-refractivity contribution in [3.63, 3.8) is 0 Å². The second-order valence-corrected chi connectivity index (χ2v) is 14.5. The molecule has 2 aliphatic rings. The molecular weight excluding hydrogens is 693 g/mol. The summed E-state index contributed by atoms with van der Waals surface area (Å²) < 4.78 is 7.01. The Balaban J connectivity index is 1.25. The summed E-state index contributed by atoms with van der Waals surface area (Å²) in [6, 6.07) is 77.9. The zero-order valence-electron chi connectivity index (χ0n) is 31.1. The predicted molar refractivity (Wildman–Crippen MR) is 239 cm³/mol. The Morgan fingerprint density at radius 2 is 0.842 bits per heavy atom. The summed E-state index contributed by atoms with van der Waals surface area (Å²) in [6.07, 6.45) is 0. The number of nitrogens with zero attached hydrogens (tertiary/aromatic N) is 3. The molecule has 0 fully saturated rings.